The number of hydrogen-bond acceptors (Lipinski definition) is 4. The largest absolute Gasteiger partial charge is 0.399 e. The number of nitrogens with one attached hydrogen (secondary N) is 1. The zero-order valence-corrected chi connectivity index (χ0v) is 10.6. The number of rotatable bonds is 3. The van der Waals surface area contributed by atoms with E-state index in [1.165, 1.54) is 18.5 Å². The Bertz CT molecular complexity index is 628. The average Bonchev–Trinajstić information content (AvgIpc) is 2.36. The Morgan fingerprint density at radius 2 is 2.16 bits per heavy atom. The third kappa shape index (κ3) is 4.08. The van der Waals surface area contributed by atoms with Crippen LogP contribution in [0.1, 0.15) is 5.56 Å². The lowest BCUT2D eigenvalue weighted by Crippen LogP contribution is -2.09. The molecule has 19 heavy (non-hydrogen) atoms. The van der Waals surface area contributed by atoms with Crippen molar-refractivity contribution in [1.29, 1.82) is 0 Å². The van der Waals surface area contributed by atoms with Crippen molar-refractivity contribution in [1.82, 2.24) is 9.97 Å². The molecule has 1 aromatic carbocycles. The van der Waals surface area contributed by atoms with Crippen LogP contribution in [0.25, 0.3) is 6.08 Å². The van der Waals surface area contributed by atoms with Crippen LogP contribution in [0.4, 0.5) is 11.5 Å². The summed E-state index contributed by atoms with van der Waals surface area (Å²) in [7, 11) is 0. The first-order chi connectivity index (χ1) is 9.13. The van der Waals surface area contributed by atoms with Gasteiger partial charge in [-0.05, 0) is 23.8 Å². The van der Waals surface area contributed by atoms with E-state index in [1.54, 1.807) is 18.2 Å². The lowest BCUT2D eigenvalue weighted by molar-refractivity contribution is -0.111. The Labute approximate surface area is 115 Å². The number of amides is 1. The molecule has 0 fully saturated rings. The lowest BCUT2D eigenvalue weighted by Gasteiger charge is -2.00. The molecule has 3 N–H and O–H groups in total. The first-order valence-electron chi connectivity index (χ1n) is 5.45. The van der Waals surface area contributed by atoms with Crippen LogP contribution in [0.2, 0.25) is 5.15 Å². The van der Waals surface area contributed by atoms with Crippen molar-refractivity contribution in [3.63, 3.8) is 0 Å². The molecule has 0 radical (unpaired) electrons. The Balaban J connectivity index is 2.01. The van der Waals surface area contributed by atoms with Gasteiger partial charge in [0.1, 0.15) is 17.3 Å². The van der Waals surface area contributed by atoms with Gasteiger partial charge in [-0.2, -0.15) is 0 Å². The number of aromatic nitrogens is 2. The van der Waals surface area contributed by atoms with Crippen LogP contribution in [0, 0.1) is 0 Å². The molecule has 96 valence electrons. The van der Waals surface area contributed by atoms with Gasteiger partial charge in [0.2, 0.25) is 5.91 Å². The number of anilines is 2. The van der Waals surface area contributed by atoms with E-state index in [2.05, 4.69) is 15.3 Å². The number of nitrogens with two attached hydrogens (primary N) is 1. The summed E-state index contributed by atoms with van der Waals surface area (Å²) in [6.45, 7) is 0. The van der Waals surface area contributed by atoms with E-state index in [-0.39, 0.29) is 11.1 Å². The minimum Gasteiger partial charge on any atom is -0.399 e. The highest BCUT2D eigenvalue weighted by Crippen LogP contribution is 2.10. The second-order valence-electron chi connectivity index (χ2n) is 3.72. The summed E-state index contributed by atoms with van der Waals surface area (Å²) in [5.74, 6) is 0.0411. The monoisotopic (exact) mass is 274 g/mol. The smallest absolute Gasteiger partial charge is 0.249 e. The molecule has 6 heteroatoms. The summed E-state index contributed by atoms with van der Waals surface area (Å²) >= 11 is 5.68. The molecule has 0 saturated heterocycles. The van der Waals surface area contributed by atoms with Crippen molar-refractivity contribution in [3.05, 3.63) is 53.5 Å². The number of nitrogens with zero attached hydrogens (tertiary/aromatic N) is 2. The van der Waals surface area contributed by atoms with Crippen molar-refractivity contribution in [2.45, 2.75) is 0 Å². The van der Waals surface area contributed by atoms with Crippen LogP contribution < -0.4 is 11.1 Å². The highest BCUT2D eigenvalue weighted by Gasteiger charge is 2.00. The van der Waals surface area contributed by atoms with Crippen molar-refractivity contribution in [3.8, 4) is 0 Å². The third-order valence-electron chi connectivity index (χ3n) is 2.22. The number of hydrogen-bond donors (Lipinski definition) is 2. The molecule has 1 aromatic heterocycles. The van der Waals surface area contributed by atoms with Crippen molar-refractivity contribution >= 4 is 35.1 Å². The molecule has 0 unspecified atom stereocenters. The third-order valence-corrected chi connectivity index (χ3v) is 2.43. The fraction of sp³-hybridized carbons (Fsp3) is 0. The van der Waals surface area contributed by atoms with Crippen LogP contribution in [-0.2, 0) is 4.79 Å². The van der Waals surface area contributed by atoms with Gasteiger partial charge < -0.3 is 11.1 Å². The second kappa shape index (κ2) is 5.97. The predicted molar refractivity (Wildman–Crippen MR) is 75.6 cm³/mol. The normalized spacial score (nSPS) is 10.6. The van der Waals surface area contributed by atoms with Gasteiger partial charge in [-0.1, -0.05) is 23.7 Å². The summed E-state index contributed by atoms with van der Waals surface area (Å²) < 4.78 is 0. The molecule has 1 heterocycles. The zero-order valence-electron chi connectivity index (χ0n) is 9.88. The Morgan fingerprint density at radius 1 is 1.32 bits per heavy atom. The molecule has 0 atom stereocenters. The maximum absolute atomic E-state index is 11.6. The highest BCUT2D eigenvalue weighted by molar-refractivity contribution is 6.29. The molecule has 2 rings (SSSR count). The summed E-state index contributed by atoms with van der Waals surface area (Å²) in [4.78, 5) is 19.2. The maximum Gasteiger partial charge on any atom is 0.249 e. The predicted octanol–water partition coefficient (Wildman–Crippen LogP) is 2.36. The van der Waals surface area contributed by atoms with E-state index < -0.39 is 0 Å². The summed E-state index contributed by atoms with van der Waals surface area (Å²) in [5.41, 5.74) is 7.13. The molecule has 0 aliphatic carbocycles. The van der Waals surface area contributed by atoms with Gasteiger partial charge >= 0.3 is 0 Å². The molecular formula is C13H11ClN4O. The molecule has 1 amide bonds. The van der Waals surface area contributed by atoms with E-state index in [9.17, 15) is 4.79 Å². The van der Waals surface area contributed by atoms with Gasteiger partial charge in [-0.25, -0.2) is 9.97 Å². The topological polar surface area (TPSA) is 80.9 Å². The average molecular weight is 275 g/mol. The SMILES string of the molecule is Nc1cccc(/C=C/C(=O)Nc2cc(Cl)ncn2)c1. The van der Waals surface area contributed by atoms with Gasteiger partial charge in [-0.3, -0.25) is 4.79 Å². The van der Waals surface area contributed by atoms with Crippen LogP contribution in [0.15, 0.2) is 42.7 Å². The number of carbonyl (C=O) groups is 1. The fourth-order valence-corrected chi connectivity index (χ4v) is 1.55. The first kappa shape index (κ1) is 13.0. The van der Waals surface area contributed by atoms with E-state index >= 15 is 0 Å². The lowest BCUT2D eigenvalue weighted by atomic mass is 10.2. The van der Waals surface area contributed by atoms with Gasteiger partial charge in [0.15, 0.2) is 0 Å². The standard InChI is InChI=1S/C13H11ClN4O/c14-11-7-12(17-8-16-11)18-13(19)5-4-9-2-1-3-10(15)6-9/h1-8H,15H2,(H,16,17,18,19)/b5-4+. The Morgan fingerprint density at radius 3 is 2.89 bits per heavy atom. The summed E-state index contributed by atoms with van der Waals surface area (Å²) in [6, 6.07) is 8.68. The molecule has 0 aliphatic rings. The van der Waals surface area contributed by atoms with E-state index in [0.29, 0.717) is 11.5 Å². The van der Waals surface area contributed by atoms with Crippen molar-refractivity contribution < 1.29 is 4.79 Å². The van der Waals surface area contributed by atoms with Crippen LogP contribution in [-0.4, -0.2) is 15.9 Å². The zero-order chi connectivity index (χ0) is 13.7. The molecule has 0 spiro atoms. The minimum atomic E-state index is -0.308. The number of halogens is 1. The van der Waals surface area contributed by atoms with Crippen molar-refractivity contribution in [2.24, 2.45) is 0 Å². The van der Waals surface area contributed by atoms with E-state index in [4.69, 9.17) is 17.3 Å². The Kier molecular flexibility index (Phi) is 4.10. The molecule has 0 aliphatic heterocycles. The van der Waals surface area contributed by atoms with Gasteiger partial charge in [-0.15, -0.1) is 0 Å². The number of nitrogen functional groups attached to an aromatic ring is 1. The van der Waals surface area contributed by atoms with Crippen molar-refractivity contribution in [2.75, 3.05) is 11.1 Å². The minimum absolute atomic E-state index is 0.269. The maximum atomic E-state index is 11.6. The van der Waals surface area contributed by atoms with Gasteiger partial charge in [0.25, 0.3) is 0 Å². The molecule has 0 bridgehead atoms. The van der Waals surface area contributed by atoms with Gasteiger partial charge in [0.05, 0.1) is 0 Å². The summed E-state index contributed by atoms with van der Waals surface area (Å²) in [5, 5.41) is 2.84. The Hall–Kier alpha value is -2.40. The quantitative estimate of drug-likeness (QED) is 0.511. The summed E-state index contributed by atoms with van der Waals surface area (Å²) in [6.07, 6.45) is 4.33. The molecule has 0 saturated carbocycles. The highest BCUT2D eigenvalue weighted by atomic mass is 35.5. The molecule has 2 aromatic rings. The van der Waals surface area contributed by atoms with Crippen LogP contribution in [0.3, 0.4) is 0 Å². The second-order valence-corrected chi connectivity index (χ2v) is 4.11. The molecular weight excluding hydrogens is 264 g/mol. The first-order valence-corrected chi connectivity index (χ1v) is 5.83. The molecule has 5 nitrogen and oxygen atoms in total. The number of benzene rings is 1. The fourth-order valence-electron chi connectivity index (χ4n) is 1.40. The van der Waals surface area contributed by atoms with Crippen LogP contribution >= 0.6 is 11.6 Å². The van der Waals surface area contributed by atoms with Gasteiger partial charge in [0, 0.05) is 17.8 Å². The van der Waals surface area contributed by atoms with E-state index in [0.717, 1.165) is 5.56 Å². The van der Waals surface area contributed by atoms with E-state index in [1.807, 2.05) is 12.1 Å². The number of carbonyl (C=O) groups excluding carboxylic acids is 1. The van der Waals surface area contributed by atoms with Crippen LogP contribution in [0.5, 0.6) is 0 Å².